The number of rotatable bonds is 5. The fourth-order valence-corrected chi connectivity index (χ4v) is 2.94. The Morgan fingerprint density at radius 2 is 2.27 bits per heavy atom. The van der Waals surface area contributed by atoms with Crippen molar-refractivity contribution in [1.29, 1.82) is 0 Å². The van der Waals surface area contributed by atoms with Crippen molar-refractivity contribution in [2.75, 3.05) is 19.7 Å². The SMILES string of the molecule is Cn1nc(C2CC2)nc1CN1CCO[C@@H](Cn2cccn2)C1. The molecule has 2 aromatic rings. The van der Waals surface area contributed by atoms with Crippen molar-refractivity contribution in [2.24, 2.45) is 7.05 Å². The summed E-state index contributed by atoms with van der Waals surface area (Å²) in [6, 6.07) is 1.94. The van der Waals surface area contributed by atoms with E-state index in [4.69, 9.17) is 9.72 Å². The summed E-state index contributed by atoms with van der Waals surface area (Å²) >= 11 is 0. The Hall–Kier alpha value is -1.73. The van der Waals surface area contributed by atoms with Crippen molar-refractivity contribution >= 4 is 0 Å². The summed E-state index contributed by atoms with van der Waals surface area (Å²) in [5.74, 6) is 2.69. The van der Waals surface area contributed by atoms with Crippen molar-refractivity contribution < 1.29 is 4.74 Å². The average molecular weight is 302 g/mol. The van der Waals surface area contributed by atoms with Crippen molar-refractivity contribution in [2.45, 2.75) is 38.0 Å². The number of hydrogen-bond acceptors (Lipinski definition) is 5. The molecule has 0 amide bonds. The van der Waals surface area contributed by atoms with Gasteiger partial charge in [0.1, 0.15) is 5.82 Å². The van der Waals surface area contributed by atoms with E-state index in [0.29, 0.717) is 5.92 Å². The van der Waals surface area contributed by atoms with E-state index >= 15 is 0 Å². The number of aromatic nitrogens is 5. The van der Waals surface area contributed by atoms with E-state index < -0.39 is 0 Å². The second-order valence-electron chi connectivity index (χ2n) is 6.24. The molecule has 3 heterocycles. The Kier molecular flexibility index (Phi) is 3.67. The van der Waals surface area contributed by atoms with Gasteiger partial charge in [0.05, 0.1) is 25.8 Å². The molecule has 1 aliphatic heterocycles. The third kappa shape index (κ3) is 3.05. The lowest BCUT2D eigenvalue weighted by atomic mass is 10.2. The maximum absolute atomic E-state index is 5.86. The Bertz CT molecular complexity index is 618. The van der Waals surface area contributed by atoms with Crippen molar-refractivity contribution in [1.82, 2.24) is 29.4 Å². The molecule has 0 aromatic carbocycles. The van der Waals surface area contributed by atoms with Crippen LogP contribution in [0.4, 0.5) is 0 Å². The summed E-state index contributed by atoms with van der Waals surface area (Å²) in [5, 5.41) is 8.81. The Morgan fingerprint density at radius 1 is 1.36 bits per heavy atom. The summed E-state index contributed by atoms with van der Waals surface area (Å²) < 4.78 is 9.73. The first-order chi connectivity index (χ1) is 10.8. The minimum absolute atomic E-state index is 0.185. The molecule has 22 heavy (non-hydrogen) atoms. The highest BCUT2D eigenvalue weighted by Gasteiger charge is 2.29. The van der Waals surface area contributed by atoms with Crippen molar-refractivity contribution in [3.8, 4) is 0 Å². The molecule has 1 atom stereocenters. The number of hydrogen-bond donors (Lipinski definition) is 0. The zero-order valence-corrected chi connectivity index (χ0v) is 12.9. The van der Waals surface area contributed by atoms with Crippen LogP contribution >= 0.6 is 0 Å². The van der Waals surface area contributed by atoms with E-state index in [9.17, 15) is 0 Å². The lowest BCUT2D eigenvalue weighted by molar-refractivity contribution is -0.0411. The standard InChI is InChI=1S/C15H22N6O/c1-19-14(17-15(18-19)12-3-4-12)11-20-7-8-22-13(9-20)10-21-6-2-5-16-21/h2,5-6,12-13H,3-4,7-11H2,1H3/t13-/m1/s1. The van der Waals surface area contributed by atoms with Crippen LogP contribution in [0.5, 0.6) is 0 Å². The normalized spacial score (nSPS) is 23.0. The minimum Gasteiger partial charge on any atom is -0.374 e. The molecule has 2 fully saturated rings. The Labute approximate surface area is 129 Å². The average Bonchev–Trinajstić information content (AvgIpc) is 3.13. The third-order valence-electron chi connectivity index (χ3n) is 4.35. The van der Waals surface area contributed by atoms with Crippen molar-refractivity contribution in [3.05, 3.63) is 30.1 Å². The molecule has 1 saturated carbocycles. The number of ether oxygens (including phenoxy) is 1. The van der Waals surface area contributed by atoms with E-state index in [1.54, 1.807) is 6.20 Å². The maximum Gasteiger partial charge on any atom is 0.154 e. The third-order valence-corrected chi connectivity index (χ3v) is 4.35. The molecule has 0 radical (unpaired) electrons. The molecule has 2 aliphatic rings. The van der Waals surface area contributed by atoms with Crippen molar-refractivity contribution in [3.63, 3.8) is 0 Å². The lowest BCUT2D eigenvalue weighted by Crippen LogP contribution is -2.44. The van der Waals surface area contributed by atoms with Gasteiger partial charge in [-0.25, -0.2) is 4.98 Å². The van der Waals surface area contributed by atoms with Crippen LogP contribution in [0, 0.1) is 0 Å². The number of morpholine rings is 1. The largest absolute Gasteiger partial charge is 0.374 e. The lowest BCUT2D eigenvalue weighted by Gasteiger charge is -2.32. The number of aryl methyl sites for hydroxylation is 1. The molecule has 0 unspecified atom stereocenters. The van der Waals surface area contributed by atoms with Gasteiger partial charge in [-0.1, -0.05) is 0 Å². The quantitative estimate of drug-likeness (QED) is 0.817. The van der Waals surface area contributed by atoms with Gasteiger partial charge >= 0.3 is 0 Å². The van der Waals surface area contributed by atoms with Gasteiger partial charge in [0.2, 0.25) is 0 Å². The van der Waals surface area contributed by atoms with E-state index in [1.807, 2.05) is 28.7 Å². The van der Waals surface area contributed by atoms with Crippen LogP contribution in [0.3, 0.4) is 0 Å². The van der Waals surface area contributed by atoms with Crippen LogP contribution in [-0.4, -0.2) is 55.2 Å². The molecule has 1 saturated heterocycles. The Balaban J connectivity index is 1.37. The summed E-state index contributed by atoms with van der Waals surface area (Å²) in [6.45, 7) is 4.26. The molecule has 0 bridgehead atoms. The molecule has 2 aromatic heterocycles. The van der Waals surface area contributed by atoms with Gasteiger partial charge in [-0.05, 0) is 18.9 Å². The van der Waals surface area contributed by atoms with E-state index in [2.05, 4.69) is 15.1 Å². The highest BCUT2D eigenvalue weighted by molar-refractivity contribution is 5.06. The van der Waals surface area contributed by atoms with Gasteiger partial charge < -0.3 is 4.74 Å². The molecule has 1 aliphatic carbocycles. The summed E-state index contributed by atoms with van der Waals surface area (Å²) in [6.07, 6.45) is 6.46. The van der Waals surface area contributed by atoms with Crippen LogP contribution in [-0.2, 0) is 24.9 Å². The molecular weight excluding hydrogens is 280 g/mol. The first kappa shape index (κ1) is 13.9. The van der Waals surface area contributed by atoms with Crippen LogP contribution < -0.4 is 0 Å². The second-order valence-corrected chi connectivity index (χ2v) is 6.24. The smallest absolute Gasteiger partial charge is 0.154 e. The van der Waals surface area contributed by atoms with Gasteiger partial charge in [0, 0.05) is 38.4 Å². The predicted octanol–water partition coefficient (Wildman–Crippen LogP) is 0.790. The van der Waals surface area contributed by atoms with E-state index in [0.717, 1.165) is 44.4 Å². The fourth-order valence-electron chi connectivity index (χ4n) is 2.94. The van der Waals surface area contributed by atoms with E-state index in [-0.39, 0.29) is 6.10 Å². The molecule has 4 rings (SSSR count). The molecule has 0 N–H and O–H groups in total. The number of nitrogens with zero attached hydrogens (tertiary/aromatic N) is 6. The second kappa shape index (κ2) is 5.81. The summed E-state index contributed by atoms with van der Waals surface area (Å²) in [7, 11) is 2.00. The zero-order valence-electron chi connectivity index (χ0n) is 12.9. The molecular formula is C15H22N6O. The predicted molar refractivity (Wildman–Crippen MR) is 80.2 cm³/mol. The van der Waals surface area contributed by atoms with Crippen LogP contribution in [0.1, 0.15) is 30.4 Å². The first-order valence-electron chi connectivity index (χ1n) is 7.99. The fraction of sp³-hybridized carbons (Fsp3) is 0.667. The van der Waals surface area contributed by atoms with Crippen LogP contribution in [0.2, 0.25) is 0 Å². The Morgan fingerprint density at radius 3 is 3.05 bits per heavy atom. The molecule has 118 valence electrons. The van der Waals surface area contributed by atoms with E-state index in [1.165, 1.54) is 12.8 Å². The van der Waals surface area contributed by atoms with Gasteiger partial charge in [-0.2, -0.15) is 10.2 Å². The summed E-state index contributed by atoms with van der Waals surface area (Å²) in [4.78, 5) is 7.12. The first-order valence-corrected chi connectivity index (χ1v) is 7.99. The van der Waals surface area contributed by atoms with Gasteiger partial charge in [0.25, 0.3) is 0 Å². The molecule has 7 heteroatoms. The highest BCUT2D eigenvalue weighted by Crippen LogP contribution is 2.38. The highest BCUT2D eigenvalue weighted by atomic mass is 16.5. The maximum atomic E-state index is 5.86. The van der Waals surface area contributed by atoms with Crippen LogP contribution in [0.15, 0.2) is 18.5 Å². The van der Waals surface area contributed by atoms with Gasteiger partial charge in [-0.3, -0.25) is 14.3 Å². The minimum atomic E-state index is 0.185. The molecule has 7 nitrogen and oxygen atoms in total. The van der Waals surface area contributed by atoms with Gasteiger partial charge in [-0.15, -0.1) is 0 Å². The zero-order chi connectivity index (χ0) is 14.9. The van der Waals surface area contributed by atoms with Gasteiger partial charge in [0.15, 0.2) is 5.82 Å². The topological polar surface area (TPSA) is 61.0 Å². The van der Waals surface area contributed by atoms with Crippen LogP contribution in [0.25, 0.3) is 0 Å². The monoisotopic (exact) mass is 302 g/mol. The molecule has 0 spiro atoms. The summed E-state index contributed by atoms with van der Waals surface area (Å²) in [5.41, 5.74) is 0.